The summed E-state index contributed by atoms with van der Waals surface area (Å²) >= 11 is 1.54. The van der Waals surface area contributed by atoms with Crippen molar-refractivity contribution in [2.75, 3.05) is 31.6 Å². The highest BCUT2D eigenvalue weighted by molar-refractivity contribution is 7.89. The van der Waals surface area contributed by atoms with Crippen LogP contribution in [0.5, 0.6) is 0 Å². The summed E-state index contributed by atoms with van der Waals surface area (Å²) in [5, 5.41) is 6.16. The van der Waals surface area contributed by atoms with Gasteiger partial charge in [-0.25, -0.2) is 13.4 Å². The molecule has 152 valence electrons. The third kappa shape index (κ3) is 4.67. The molecule has 1 aliphatic rings. The SMILES string of the molecule is Cc1ccc(CNc2nc(-c3ccc(S(=O)(=O)N4CCOCC4)cc3)cs2)cc1. The van der Waals surface area contributed by atoms with Gasteiger partial charge in [-0.05, 0) is 24.6 Å². The summed E-state index contributed by atoms with van der Waals surface area (Å²) in [5.74, 6) is 0. The number of hydrogen-bond acceptors (Lipinski definition) is 6. The first-order valence-electron chi connectivity index (χ1n) is 9.46. The van der Waals surface area contributed by atoms with Crippen LogP contribution in [0.25, 0.3) is 11.3 Å². The van der Waals surface area contributed by atoms with E-state index in [9.17, 15) is 8.42 Å². The van der Waals surface area contributed by atoms with Crippen LogP contribution in [-0.2, 0) is 21.3 Å². The lowest BCUT2D eigenvalue weighted by molar-refractivity contribution is 0.0730. The van der Waals surface area contributed by atoms with Gasteiger partial charge >= 0.3 is 0 Å². The summed E-state index contributed by atoms with van der Waals surface area (Å²) in [5.41, 5.74) is 4.16. The quantitative estimate of drug-likeness (QED) is 0.646. The first-order chi connectivity index (χ1) is 14.0. The molecular weight excluding hydrogens is 406 g/mol. The van der Waals surface area contributed by atoms with Crippen LogP contribution in [0.15, 0.2) is 58.8 Å². The highest BCUT2D eigenvalue weighted by Crippen LogP contribution is 2.27. The van der Waals surface area contributed by atoms with Gasteiger partial charge < -0.3 is 10.1 Å². The molecule has 1 aliphatic heterocycles. The van der Waals surface area contributed by atoms with Gasteiger partial charge in [-0.2, -0.15) is 4.31 Å². The van der Waals surface area contributed by atoms with Crippen LogP contribution in [-0.4, -0.2) is 44.0 Å². The van der Waals surface area contributed by atoms with Gasteiger partial charge in [0.25, 0.3) is 0 Å². The molecule has 8 heteroatoms. The van der Waals surface area contributed by atoms with Gasteiger partial charge in [-0.3, -0.25) is 0 Å². The largest absolute Gasteiger partial charge is 0.379 e. The van der Waals surface area contributed by atoms with Crippen molar-refractivity contribution in [3.63, 3.8) is 0 Å². The molecule has 0 amide bonds. The second kappa shape index (κ2) is 8.62. The Labute approximate surface area is 175 Å². The van der Waals surface area contributed by atoms with Crippen molar-refractivity contribution in [1.82, 2.24) is 9.29 Å². The Bertz CT molecular complexity index is 1060. The standard InChI is InChI=1S/C21H23N3O3S2/c1-16-2-4-17(5-3-16)14-22-21-23-20(15-28-21)18-6-8-19(9-7-18)29(25,26)24-10-12-27-13-11-24/h2-9,15H,10-14H2,1H3,(H,22,23). The average molecular weight is 430 g/mol. The predicted molar refractivity (Wildman–Crippen MR) is 116 cm³/mol. The minimum absolute atomic E-state index is 0.302. The molecule has 1 N–H and O–H groups in total. The highest BCUT2D eigenvalue weighted by Gasteiger charge is 2.26. The number of anilines is 1. The molecule has 0 atom stereocenters. The van der Waals surface area contributed by atoms with Crippen LogP contribution in [0, 0.1) is 6.92 Å². The minimum Gasteiger partial charge on any atom is -0.379 e. The topological polar surface area (TPSA) is 71.5 Å². The number of ether oxygens (including phenoxy) is 1. The number of thiazole rings is 1. The number of morpholine rings is 1. The zero-order valence-electron chi connectivity index (χ0n) is 16.2. The lowest BCUT2D eigenvalue weighted by Gasteiger charge is -2.26. The van der Waals surface area contributed by atoms with E-state index in [1.54, 1.807) is 12.1 Å². The van der Waals surface area contributed by atoms with Crippen molar-refractivity contribution in [1.29, 1.82) is 0 Å². The van der Waals surface area contributed by atoms with Gasteiger partial charge in [-0.15, -0.1) is 11.3 Å². The first-order valence-corrected chi connectivity index (χ1v) is 11.8. The molecule has 29 heavy (non-hydrogen) atoms. The molecule has 2 aromatic carbocycles. The van der Waals surface area contributed by atoms with E-state index in [2.05, 4.69) is 41.5 Å². The van der Waals surface area contributed by atoms with Crippen molar-refractivity contribution in [3.05, 3.63) is 65.0 Å². The molecule has 0 aliphatic carbocycles. The van der Waals surface area contributed by atoms with E-state index < -0.39 is 10.0 Å². The first kappa shape index (κ1) is 20.0. The summed E-state index contributed by atoms with van der Waals surface area (Å²) in [7, 11) is -3.47. The van der Waals surface area contributed by atoms with Crippen molar-refractivity contribution in [2.24, 2.45) is 0 Å². The van der Waals surface area contributed by atoms with E-state index >= 15 is 0 Å². The zero-order chi connectivity index (χ0) is 20.3. The molecule has 0 radical (unpaired) electrons. The average Bonchev–Trinajstić information content (AvgIpc) is 3.23. The van der Waals surface area contributed by atoms with Crippen LogP contribution >= 0.6 is 11.3 Å². The molecule has 1 fully saturated rings. The molecule has 4 rings (SSSR count). The van der Waals surface area contributed by atoms with E-state index in [1.165, 1.54) is 26.8 Å². The number of benzene rings is 2. The van der Waals surface area contributed by atoms with Gasteiger partial charge in [-0.1, -0.05) is 42.0 Å². The molecule has 1 aromatic heterocycles. The monoisotopic (exact) mass is 429 g/mol. The Morgan fingerprint density at radius 3 is 2.45 bits per heavy atom. The number of hydrogen-bond donors (Lipinski definition) is 1. The smallest absolute Gasteiger partial charge is 0.243 e. The van der Waals surface area contributed by atoms with Gasteiger partial charge in [0.2, 0.25) is 10.0 Å². The van der Waals surface area contributed by atoms with Crippen LogP contribution in [0.1, 0.15) is 11.1 Å². The molecule has 0 bridgehead atoms. The highest BCUT2D eigenvalue weighted by atomic mass is 32.2. The number of sulfonamides is 1. The fourth-order valence-corrected chi connectivity index (χ4v) is 5.23. The normalized spacial score (nSPS) is 15.3. The lowest BCUT2D eigenvalue weighted by atomic mass is 10.1. The van der Waals surface area contributed by atoms with E-state index in [1.807, 2.05) is 17.5 Å². The molecule has 0 saturated carbocycles. The molecule has 2 heterocycles. The van der Waals surface area contributed by atoms with Gasteiger partial charge in [0.1, 0.15) is 0 Å². The predicted octanol–water partition coefficient (Wildman–Crippen LogP) is 3.75. The van der Waals surface area contributed by atoms with Gasteiger partial charge in [0.15, 0.2) is 5.13 Å². The van der Waals surface area contributed by atoms with Crippen molar-refractivity contribution in [2.45, 2.75) is 18.4 Å². The maximum Gasteiger partial charge on any atom is 0.243 e. The molecule has 0 spiro atoms. The summed E-state index contributed by atoms with van der Waals surface area (Å²) in [6.07, 6.45) is 0. The van der Waals surface area contributed by atoms with Gasteiger partial charge in [0.05, 0.1) is 23.8 Å². The summed E-state index contributed by atoms with van der Waals surface area (Å²) < 4.78 is 32.2. The maximum absolute atomic E-state index is 12.7. The summed E-state index contributed by atoms with van der Waals surface area (Å²) in [4.78, 5) is 4.93. The number of nitrogens with one attached hydrogen (secondary N) is 1. The fourth-order valence-electron chi connectivity index (χ4n) is 3.10. The van der Waals surface area contributed by atoms with Crippen LogP contribution in [0.3, 0.4) is 0 Å². The van der Waals surface area contributed by atoms with Crippen molar-refractivity contribution < 1.29 is 13.2 Å². The zero-order valence-corrected chi connectivity index (χ0v) is 17.8. The molecular formula is C21H23N3O3S2. The number of nitrogens with zero attached hydrogens (tertiary/aromatic N) is 2. The Morgan fingerprint density at radius 1 is 1.07 bits per heavy atom. The van der Waals surface area contributed by atoms with Crippen LogP contribution in [0.2, 0.25) is 0 Å². The third-order valence-corrected chi connectivity index (χ3v) is 7.54. The van der Waals surface area contributed by atoms with Crippen molar-refractivity contribution in [3.8, 4) is 11.3 Å². The van der Waals surface area contributed by atoms with E-state index in [0.717, 1.165) is 16.4 Å². The second-order valence-corrected chi connectivity index (χ2v) is 9.71. The molecule has 1 saturated heterocycles. The molecule has 3 aromatic rings. The maximum atomic E-state index is 12.7. The Kier molecular flexibility index (Phi) is 5.96. The Morgan fingerprint density at radius 2 is 1.76 bits per heavy atom. The van der Waals surface area contributed by atoms with E-state index in [4.69, 9.17) is 4.74 Å². The van der Waals surface area contributed by atoms with Crippen LogP contribution in [0.4, 0.5) is 5.13 Å². The van der Waals surface area contributed by atoms with E-state index in [0.29, 0.717) is 37.7 Å². The number of aromatic nitrogens is 1. The fraction of sp³-hybridized carbons (Fsp3) is 0.286. The number of aryl methyl sites for hydroxylation is 1. The van der Waals surface area contributed by atoms with Gasteiger partial charge in [0, 0.05) is 30.6 Å². The Hall–Kier alpha value is -2.26. The summed E-state index contributed by atoms with van der Waals surface area (Å²) in [6, 6.07) is 15.3. The van der Waals surface area contributed by atoms with Crippen LogP contribution < -0.4 is 5.32 Å². The Balaban J connectivity index is 1.43. The lowest BCUT2D eigenvalue weighted by Crippen LogP contribution is -2.40. The van der Waals surface area contributed by atoms with E-state index in [-0.39, 0.29) is 0 Å². The molecule has 0 unspecified atom stereocenters. The number of rotatable bonds is 6. The third-order valence-electron chi connectivity index (χ3n) is 4.83. The minimum atomic E-state index is -3.47. The molecule has 6 nitrogen and oxygen atoms in total. The van der Waals surface area contributed by atoms with Crippen molar-refractivity contribution >= 4 is 26.5 Å². The second-order valence-electron chi connectivity index (χ2n) is 6.92. The summed E-state index contributed by atoms with van der Waals surface area (Å²) in [6.45, 7) is 4.45.